The van der Waals surface area contributed by atoms with Gasteiger partial charge in [0.05, 0.1) is 13.2 Å². The molecule has 0 fully saturated rings. The summed E-state index contributed by atoms with van der Waals surface area (Å²) in [6.45, 7) is 14.1. The summed E-state index contributed by atoms with van der Waals surface area (Å²) in [5.41, 5.74) is 1.39. The number of fused-ring (bicyclic) bond motifs is 1. The fourth-order valence-electron chi connectivity index (χ4n) is 8.00. The van der Waals surface area contributed by atoms with E-state index in [9.17, 15) is 5.11 Å². The Balaban J connectivity index is 1.59. The first-order valence-electron chi connectivity index (χ1n) is 17.1. The molecule has 0 bridgehead atoms. The Morgan fingerprint density at radius 1 is 0.804 bits per heavy atom. The number of aliphatic hydroxyl groups is 1. The predicted molar refractivity (Wildman–Crippen MR) is 193 cm³/mol. The quantitative estimate of drug-likeness (QED) is 0.199. The molecule has 5 rings (SSSR count). The number of ether oxygens (including phenoxy) is 2. The number of aliphatic hydroxyl groups excluding tert-OH is 1. The van der Waals surface area contributed by atoms with Gasteiger partial charge in [-0.3, -0.25) is 0 Å². The van der Waals surface area contributed by atoms with Crippen molar-refractivity contribution in [1.82, 2.24) is 0 Å². The van der Waals surface area contributed by atoms with Crippen LogP contribution in [-0.4, -0.2) is 38.8 Å². The molecule has 2 aliphatic carbocycles. The van der Waals surface area contributed by atoms with Crippen molar-refractivity contribution in [3.05, 3.63) is 109 Å². The maximum Gasteiger partial charge on any atom is 0.261 e. The predicted octanol–water partition coefficient (Wildman–Crippen LogP) is 8.34. The minimum atomic E-state index is -2.77. The zero-order chi connectivity index (χ0) is 32.9. The summed E-state index contributed by atoms with van der Waals surface area (Å²) >= 11 is 0. The Labute approximate surface area is 278 Å². The molecule has 0 aliphatic heterocycles. The highest BCUT2D eigenvalue weighted by Gasteiger charge is 2.52. The van der Waals surface area contributed by atoms with Gasteiger partial charge in [-0.2, -0.15) is 0 Å². The molecule has 3 aromatic rings. The lowest BCUT2D eigenvalue weighted by molar-refractivity contribution is 0.0205. The molecule has 1 unspecified atom stereocenters. The van der Waals surface area contributed by atoms with E-state index >= 15 is 0 Å². The van der Waals surface area contributed by atoms with Crippen LogP contribution in [-0.2, 0) is 4.43 Å². The summed E-state index contributed by atoms with van der Waals surface area (Å²) < 4.78 is 19.6. The summed E-state index contributed by atoms with van der Waals surface area (Å²) in [5.74, 6) is 3.22. The second kappa shape index (κ2) is 14.7. The van der Waals surface area contributed by atoms with Crippen LogP contribution in [0.1, 0.15) is 67.2 Å². The maximum absolute atomic E-state index is 11.7. The molecule has 0 radical (unpaired) electrons. The number of rotatable bonds is 8. The molecule has 0 saturated carbocycles. The van der Waals surface area contributed by atoms with E-state index in [2.05, 4.69) is 120 Å². The van der Waals surface area contributed by atoms with Gasteiger partial charge in [0, 0.05) is 6.10 Å². The number of benzene rings is 3. The Hall–Kier alpha value is -3.12. The van der Waals surface area contributed by atoms with Gasteiger partial charge in [0.2, 0.25) is 0 Å². The minimum absolute atomic E-state index is 0.0130. The van der Waals surface area contributed by atoms with Crippen molar-refractivity contribution in [2.45, 2.75) is 90.6 Å². The van der Waals surface area contributed by atoms with Gasteiger partial charge in [0.1, 0.15) is 17.6 Å². The Bertz CT molecular complexity index is 1400. The molecular formula is C41H54O4Si. The highest BCUT2D eigenvalue weighted by molar-refractivity contribution is 6.99. The van der Waals surface area contributed by atoms with Gasteiger partial charge in [-0.15, -0.1) is 0 Å². The van der Waals surface area contributed by atoms with E-state index in [0.29, 0.717) is 24.2 Å². The average Bonchev–Trinajstić information content (AvgIpc) is 3.04. The van der Waals surface area contributed by atoms with Gasteiger partial charge in [0.25, 0.3) is 8.32 Å². The van der Waals surface area contributed by atoms with Crippen LogP contribution < -0.4 is 19.8 Å². The summed E-state index contributed by atoms with van der Waals surface area (Å²) in [5, 5.41) is 14.2. The van der Waals surface area contributed by atoms with E-state index in [-0.39, 0.29) is 17.1 Å². The minimum Gasteiger partial charge on any atom is -0.497 e. The number of hydrogen-bond donors (Lipinski definition) is 1. The fourth-order valence-corrected chi connectivity index (χ4v) is 12.7. The van der Waals surface area contributed by atoms with Gasteiger partial charge in [-0.25, -0.2) is 0 Å². The van der Waals surface area contributed by atoms with Crippen LogP contribution in [0.5, 0.6) is 11.5 Å². The molecule has 0 saturated heterocycles. The molecule has 46 heavy (non-hydrogen) atoms. The van der Waals surface area contributed by atoms with Gasteiger partial charge in [-0.1, -0.05) is 113 Å². The standard InChI is InChI=1S/C41H54O4Si/c1-29(2)36-26-21-30(3)37-28-39(42)40(44-32-24-22-31(43-7)23-25-32)20-14-15-33(27-38(36)37)45-46(41(4,5)6,34-16-10-8-11-17-34)35-18-12-9-13-19-35/h8-14,16-25,29,33,36-40,42H,15,26-28H2,1-7H3/b20-14-/t33?,36-,37+,38-,39+,40-/m1/s1. The van der Waals surface area contributed by atoms with E-state index in [0.717, 1.165) is 30.8 Å². The first-order valence-corrected chi connectivity index (χ1v) is 19.0. The van der Waals surface area contributed by atoms with Crippen molar-refractivity contribution in [3.63, 3.8) is 0 Å². The number of allylic oxidation sites excluding steroid dienone is 2. The third kappa shape index (κ3) is 7.38. The van der Waals surface area contributed by atoms with Crippen LogP contribution in [0.25, 0.3) is 0 Å². The smallest absolute Gasteiger partial charge is 0.261 e. The topological polar surface area (TPSA) is 47.9 Å². The Morgan fingerprint density at radius 3 is 1.93 bits per heavy atom. The lowest BCUT2D eigenvalue weighted by Crippen LogP contribution is -2.67. The molecule has 6 atom stereocenters. The number of hydrogen-bond acceptors (Lipinski definition) is 4. The van der Waals surface area contributed by atoms with E-state index in [1.54, 1.807) is 7.11 Å². The lowest BCUT2D eigenvalue weighted by atomic mass is 9.64. The molecule has 1 N–H and O–H groups in total. The van der Waals surface area contributed by atoms with Crippen molar-refractivity contribution in [1.29, 1.82) is 0 Å². The van der Waals surface area contributed by atoms with Crippen molar-refractivity contribution < 1.29 is 19.0 Å². The van der Waals surface area contributed by atoms with Gasteiger partial charge >= 0.3 is 0 Å². The molecule has 4 nitrogen and oxygen atoms in total. The monoisotopic (exact) mass is 638 g/mol. The first-order chi connectivity index (χ1) is 22.0. The van der Waals surface area contributed by atoms with Crippen molar-refractivity contribution in [2.75, 3.05) is 7.11 Å². The second-order valence-electron chi connectivity index (χ2n) is 14.7. The summed E-state index contributed by atoms with van der Waals surface area (Å²) in [7, 11) is -1.11. The molecule has 2 aliphatic rings. The van der Waals surface area contributed by atoms with Gasteiger partial charge in [-0.05, 0) is 102 Å². The molecule has 0 heterocycles. The molecule has 246 valence electrons. The third-order valence-corrected chi connectivity index (χ3v) is 15.5. The SMILES string of the molecule is COc1ccc(O[C@@H]2/C=C\CC(O[Si](c3ccccc3)(c3ccccc3)C(C)(C)C)C[C@@H]3[C@@H](C(C)C)CC=C(C)[C@@H]3C[C@@H]2O)cc1. The van der Waals surface area contributed by atoms with Crippen LogP contribution in [0.2, 0.25) is 5.04 Å². The largest absolute Gasteiger partial charge is 0.497 e. The summed E-state index contributed by atoms with van der Waals surface area (Å²) in [4.78, 5) is 0. The Kier molecular flexibility index (Phi) is 11.0. The van der Waals surface area contributed by atoms with E-state index in [1.807, 2.05) is 24.3 Å². The molecule has 0 amide bonds. The van der Waals surface area contributed by atoms with Crippen molar-refractivity contribution in [3.8, 4) is 11.5 Å². The third-order valence-electron chi connectivity index (χ3n) is 10.4. The fraction of sp³-hybridized carbons (Fsp3) is 0.463. The van der Waals surface area contributed by atoms with E-state index in [4.69, 9.17) is 13.9 Å². The number of methoxy groups -OCH3 is 1. The second-order valence-corrected chi connectivity index (χ2v) is 19.0. The zero-order valence-electron chi connectivity index (χ0n) is 28.9. The molecule has 0 aromatic heterocycles. The average molecular weight is 639 g/mol. The van der Waals surface area contributed by atoms with Crippen molar-refractivity contribution >= 4 is 18.7 Å². The molecule has 3 aromatic carbocycles. The normalized spacial score (nSPS) is 26.5. The van der Waals surface area contributed by atoms with E-state index < -0.39 is 20.5 Å². The lowest BCUT2D eigenvalue weighted by Gasteiger charge is -2.48. The van der Waals surface area contributed by atoms with Crippen LogP contribution in [0, 0.1) is 23.7 Å². The van der Waals surface area contributed by atoms with Gasteiger partial charge in [0.15, 0.2) is 0 Å². The molecular weight excluding hydrogens is 585 g/mol. The van der Waals surface area contributed by atoms with E-state index in [1.165, 1.54) is 15.9 Å². The zero-order valence-corrected chi connectivity index (χ0v) is 29.9. The Morgan fingerprint density at radius 2 is 1.39 bits per heavy atom. The van der Waals surface area contributed by atoms with Crippen LogP contribution in [0.3, 0.4) is 0 Å². The maximum atomic E-state index is 11.7. The summed E-state index contributed by atoms with van der Waals surface area (Å²) in [6, 6.07) is 29.6. The summed E-state index contributed by atoms with van der Waals surface area (Å²) in [6.07, 6.45) is 9.08. The molecule has 0 spiro atoms. The molecule has 5 heteroatoms. The highest BCUT2D eigenvalue weighted by Crippen LogP contribution is 2.46. The van der Waals surface area contributed by atoms with Crippen LogP contribution >= 0.6 is 0 Å². The highest BCUT2D eigenvalue weighted by atomic mass is 28.4. The first kappa shape index (κ1) is 34.2. The van der Waals surface area contributed by atoms with Gasteiger partial charge < -0.3 is 19.0 Å². The van der Waals surface area contributed by atoms with Crippen LogP contribution in [0.15, 0.2) is 109 Å². The van der Waals surface area contributed by atoms with Crippen molar-refractivity contribution in [2.24, 2.45) is 23.7 Å². The van der Waals surface area contributed by atoms with Crippen LogP contribution in [0.4, 0.5) is 0 Å².